The lowest BCUT2D eigenvalue weighted by Gasteiger charge is -2.03. The average molecular weight is 253 g/mol. The lowest BCUT2D eigenvalue weighted by Crippen LogP contribution is -2.07. The van der Waals surface area contributed by atoms with E-state index in [0.29, 0.717) is 0 Å². The van der Waals surface area contributed by atoms with E-state index in [1.54, 1.807) is 0 Å². The summed E-state index contributed by atoms with van der Waals surface area (Å²) in [5, 5.41) is 3.79. The molecule has 2 rings (SSSR count). The Morgan fingerprint density at radius 1 is 1.44 bits per heavy atom. The fourth-order valence-electron chi connectivity index (χ4n) is 1.40. The summed E-state index contributed by atoms with van der Waals surface area (Å²) in [5.41, 5.74) is 0.122. The molecular formula is C11H9F2N3O2. The fraction of sp³-hybridized carbons (Fsp3) is 0.182. The standard InChI is InChI=1S/C11H9F2N3O2/c1-18-11(17)10-14-6-16(15-10)5-7-3-2-4-8(12)9(7)13/h2-4,6H,5H2,1H3. The number of esters is 1. The third kappa shape index (κ3) is 2.34. The van der Waals surface area contributed by atoms with Crippen LogP contribution in [0.2, 0.25) is 0 Å². The van der Waals surface area contributed by atoms with Gasteiger partial charge in [0.1, 0.15) is 6.33 Å². The molecule has 1 heterocycles. The van der Waals surface area contributed by atoms with Crippen molar-refractivity contribution in [3.8, 4) is 0 Å². The number of ether oxygens (including phenoxy) is 1. The van der Waals surface area contributed by atoms with Gasteiger partial charge < -0.3 is 4.74 Å². The fourth-order valence-corrected chi connectivity index (χ4v) is 1.40. The van der Waals surface area contributed by atoms with Gasteiger partial charge in [-0.25, -0.2) is 23.2 Å². The van der Waals surface area contributed by atoms with Crippen molar-refractivity contribution in [1.29, 1.82) is 0 Å². The van der Waals surface area contributed by atoms with Crippen molar-refractivity contribution in [3.63, 3.8) is 0 Å². The molecule has 0 saturated heterocycles. The molecule has 94 valence electrons. The van der Waals surface area contributed by atoms with E-state index in [0.717, 1.165) is 6.07 Å². The SMILES string of the molecule is COC(=O)c1ncn(Cc2cccc(F)c2F)n1. The lowest BCUT2D eigenvalue weighted by atomic mass is 10.2. The molecule has 5 nitrogen and oxygen atoms in total. The molecule has 2 aromatic rings. The van der Waals surface area contributed by atoms with Gasteiger partial charge in [0, 0.05) is 5.56 Å². The third-order valence-electron chi connectivity index (χ3n) is 2.27. The summed E-state index contributed by atoms with van der Waals surface area (Å²) in [4.78, 5) is 14.8. The van der Waals surface area contributed by atoms with Crippen LogP contribution in [0.5, 0.6) is 0 Å². The lowest BCUT2D eigenvalue weighted by molar-refractivity contribution is 0.0586. The topological polar surface area (TPSA) is 57.0 Å². The number of carbonyl (C=O) groups excluding carboxylic acids is 1. The van der Waals surface area contributed by atoms with E-state index in [-0.39, 0.29) is 17.9 Å². The molecule has 0 bridgehead atoms. The number of carbonyl (C=O) groups is 1. The van der Waals surface area contributed by atoms with Crippen molar-refractivity contribution < 1.29 is 18.3 Å². The van der Waals surface area contributed by atoms with E-state index in [2.05, 4.69) is 14.8 Å². The van der Waals surface area contributed by atoms with Crippen molar-refractivity contribution >= 4 is 5.97 Å². The maximum atomic E-state index is 13.4. The van der Waals surface area contributed by atoms with Crippen LogP contribution in [0, 0.1) is 11.6 Å². The summed E-state index contributed by atoms with van der Waals surface area (Å²) in [6, 6.07) is 3.85. The zero-order chi connectivity index (χ0) is 13.1. The Kier molecular flexibility index (Phi) is 3.31. The first-order valence-electron chi connectivity index (χ1n) is 5.02. The summed E-state index contributed by atoms with van der Waals surface area (Å²) in [5.74, 6) is -2.68. The van der Waals surface area contributed by atoms with Gasteiger partial charge in [0.15, 0.2) is 11.6 Å². The summed E-state index contributed by atoms with van der Waals surface area (Å²) in [7, 11) is 1.20. The molecule has 0 aliphatic rings. The molecule has 0 spiro atoms. The summed E-state index contributed by atoms with van der Waals surface area (Å²) >= 11 is 0. The minimum absolute atomic E-state index is 0.0203. The first-order chi connectivity index (χ1) is 8.61. The van der Waals surface area contributed by atoms with E-state index in [9.17, 15) is 13.6 Å². The van der Waals surface area contributed by atoms with E-state index in [1.807, 2.05) is 0 Å². The Morgan fingerprint density at radius 2 is 2.22 bits per heavy atom. The van der Waals surface area contributed by atoms with Crippen molar-refractivity contribution in [1.82, 2.24) is 14.8 Å². The van der Waals surface area contributed by atoms with Crippen LogP contribution in [0.1, 0.15) is 16.2 Å². The number of nitrogens with zero attached hydrogens (tertiary/aromatic N) is 3. The van der Waals surface area contributed by atoms with Crippen LogP contribution < -0.4 is 0 Å². The zero-order valence-electron chi connectivity index (χ0n) is 9.43. The second-order valence-electron chi connectivity index (χ2n) is 3.47. The molecule has 0 N–H and O–H groups in total. The number of hydrogen-bond acceptors (Lipinski definition) is 4. The average Bonchev–Trinajstić information content (AvgIpc) is 2.82. The second-order valence-corrected chi connectivity index (χ2v) is 3.47. The van der Waals surface area contributed by atoms with Crippen molar-refractivity contribution in [2.45, 2.75) is 6.54 Å². The van der Waals surface area contributed by atoms with Crippen LogP contribution in [-0.4, -0.2) is 27.8 Å². The highest BCUT2D eigenvalue weighted by Gasteiger charge is 2.13. The molecule has 0 aliphatic heterocycles. The third-order valence-corrected chi connectivity index (χ3v) is 2.27. The van der Waals surface area contributed by atoms with Crippen LogP contribution in [-0.2, 0) is 11.3 Å². The van der Waals surface area contributed by atoms with Gasteiger partial charge in [-0.1, -0.05) is 12.1 Å². The zero-order valence-corrected chi connectivity index (χ0v) is 9.43. The predicted octanol–water partition coefficient (Wildman–Crippen LogP) is 1.39. The Bertz CT molecular complexity index is 583. The Labute approximate surface area is 101 Å². The van der Waals surface area contributed by atoms with Gasteiger partial charge >= 0.3 is 5.97 Å². The van der Waals surface area contributed by atoms with E-state index >= 15 is 0 Å². The van der Waals surface area contributed by atoms with E-state index in [4.69, 9.17) is 0 Å². The van der Waals surface area contributed by atoms with Crippen LogP contribution in [0.3, 0.4) is 0 Å². The maximum Gasteiger partial charge on any atom is 0.377 e. The molecule has 0 radical (unpaired) electrons. The van der Waals surface area contributed by atoms with Gasteiger partial charge in [0.25, 0.3) is 5.82 Å². The minimum atomic E-state index is -0.937. The largest absolute Gasteiger partial charge is 0.463 e. The highest BCUT2D eigenvalue weighted by Crippen LogP contribution is 2.12. The summed E-state index contributed by atoms with van der Waals surface area (Å²) in [6.07, 6.45) is 1.25. The highest BCUT2D eigenvalue weighted by atomic mass is 19.2. The van der Waals surface area contributed by atoms with Crippen LogP contribution in [0.4, 0.5) is 8.78 Å². The normalized spacial score (nSPS) is 10.4. The molecule has 0 aliphatic carbocycles. The van der Waals surface area contributed by atoms with Crippen LogP contribution in [0.15, 0.2) is 24.5 Å². The number of halogens is 2. The molecule has 0 unspecified atom stereocenters. The number of aromatic nitrogens is 3. The number of hydrogen-bond donors (Lipinski definition) is 0. The number of rotatable bonds is 3. The van der Waals surface area contributed by atoms with Gasteiger partial charge in [-0.05, 0) is 6.07 Å². The minimum Gasteiger partial charge on any atom is -0.463 e. The molecule has 1 aromatic carbocycles. The number of methoxy groups -OCH3 is 1. The van der Waals surface area contributed by atoms with E-state index in [1.165, 1.54) is 30.3 Å². The molecule has 0 saturated carbocycles. The second kappa shape index (κ2) is 4.91. The Balaban J connectivity index is 2.21. The first-order valence-corrected chi connectivity index (χ1v) is 5.02. The van der Waals surface area contributed by atoms with Gasteiger partial charge in [0.05, 0.1) is 13.7 Å². The van der Waals surface area contributed by atoms with Crippen LogP contribution in [0.25, 0.3) is 0 Å². The smallest absolute Gasteiger partial charge is 0.377 e. The van der Waals surface area contributed by atoms with Gasteiger partial charge in [-0.2, -0.15) is 0 Å². The molecule has 0 amide bonds. The molecule has 7 heteroatoms. The van der Waals surface area contributed by atoms with Gasteiger partial charge in [0.2, 0.25) is 0 Å². The van der Waals surface area contributed by atoms with Gasteiger partial charge in [-0.3, -0.25) is 0 Å². The monoisotopic (exact) mass is 253 g/mol. The van der Waals surface area contributed by atoms with Crippen molar-refractivity contribution in [2.24, 2.45) is 0 Å². The first kappa shape index (κ1) is 12.2. The molecular weight excluding hydrogens is 244 g/mol. The molecule has 0 atom stereocenters. The van der Waals surface area contributed by atoms with E-state index < -0.39 is 17.6 Å². The predicted molar refractivity (Wildman–Crippen MR) is 56.8 cm³/mol. The van der Waals surface area contributed by atoms with Crippen molar-refractivity contribution in [3.05, 3.63) is 47.5 Å². The molecule has 18 heavy (non-hydrogen) atoms. The summed E-state index contributed by atoms with van der Waals surface area (Å²) < 4.78 is 32.0. The van der Waals surface area contributed by atoms with Crippen molar-refractivity contribution in [2.75, 3.05) is 7.11 Å². The Hall–Kier alpha value is -2.31. The number of benzene rings is 1. The highest BCUT2D eigenvalue weighted by molar-refractivity contribution is 5.84. The quantitative estimate of drug-likeness (QED) is 0.776. The molecule has 1 aromatic heterocycles. The van der Waals surface area contributed by atoms with Gasteiger partial charge in [-0.15, -0.1) is 5.10 Å². The van der Waals surface area contributed by atoms with Crippen LogP contribution >= 0.6 is 0 Å². The molecule has 0 fully saturated rings. The summed E-state index contributed by atoms with van der Waals surface area (Å²) in [6.45, 7) is -0.0203. The maximum absolute atomic E-state index is 13.4. The Morgan fingerprint density at radius 3 is 2.94 bits per heavy atom.